The molecule has 254 valence electrons. The molecule has 0 radical (unpaired) electrons. The van der Waals surface area contributed by atoms with E-state index in [-0.39, 0.29) is 11.5 Å². The molecule has 9 unspecified atom stereocenters. The number of carbonyl (C=O) groups is 1. The summed E-state index contributed by atoms with van der Waals surface area (Å²) >= 11 is 0. The summed E-state index contributed by atoms with van der Waals surface area (Å²) in [5.74, 6) is 3.91. The molecule has 5 rings (SSSR count). The van der Waals surface area contributed by atoms with Gasteiger partial charge in [-0.15, -0.1) is 0 Å². The fourth-order valence-electron chi connectivity index (χ4n) is 10.6. The summed E-state index contributed by atoms with van der Waals surface area (Å²) in [4.78, 5) is 12.6. The minimum Gasteiger partial charge on any atom is -0.431 e. The van der Waals surface area contributed by atoms with Gasteiger partial charge in [0, 0.05) is 0 Å². The Bertz CT molecular complexity index is 1180. The van der Waals surface area contributed by atoms with Crippen molar-refractivity contribution in [1.29, 1.82) is 0 Å². The minimum absolute atomic E-state index is 0.00460. The summed E-state index contributed by atoms with van der Waals surface area (Å²) in [6, 6.07) is 0.795. The molecule has 0 aromatic heterocycles. The van der Waals surface area contributed by atoms with E-state index in [1.54, 1.807) is 0 Å². The number of alkyl halides is 6. The summed E-state index contributed by atoms with van der Waals surface area (Å²) in [6.07, 6.45) is 1.64. The molecule has 1 aromatic rings. The van der Waals surface area contributed by atoms with Crippen LogP contribution in [0.25, 0.3) is 0 Å². The molecule has 45 heavy (non-hydrogen) atoms. The van der Waals surface area contributed by atoms with Gasteiger partial charge in [-0.1, -0.05) is 53.9 Å². The van der Waals surface area contributed by atoms with E-state index in [0.29, 0.717) is 48.1 Å². The lowest BCUT2D eigenvalue weighted by atomic mass is 9.44. The van der Waals surface area contributed by atoms with Crippen LogP contribution in [0.3, 0.4) is 0 Å². The van der Waals surface area contributed by atoms with Crippen molar-refractivity contribution in [2.24, 2.45) is 52.3 Å². The van der Waals surface area contributed by atoms with Crippen molar-refractivity contribution in [3.05, 3.63) is 29.3 Å². The van der Waals surface area contributed by atoms with Crippen LogP contribution < -0.4 is 4.74 Å². The number of benzene rings is 1. The van der Waals surface area contributed by atoms with E-state index in [9.17, 15) is 31.1 Å². The largest absolute Gasteiger partial charge is 0.514 e. The Morgan fingerprint density at radius 3 is 2.07 bits per heavy atom. The number of rotatable bonds is 7. The van der Waals surface area contributed by atoms with Crippen molar-refractivity contribution < 1.29 is 40.6 Å². The third kappa shape index (κ3) is 7.02. The fourth-order valence-corrected chi connectivity index (χ4v) is 10.6. The topological polar surface area (TPSA) is 35.5 Å². The minimum atomic E-state index is -5.03. The lowest BCUT2D eigenvalue weighted by Gasteiger charge is -2.61. The Morgan fingerprint density at radius 1 is 0.822 bits per heavy atom. The van der Waals surface area contributed by atoms with Crippen LogP contribution in [0.4, 0.5) is 31.1 Å². The van der Waals surface area contributed by atoms with E-state index in [0.717, 1.165) is 36.5 Å². The average molecular weight is 645 g/mol. The van der Waals surface area contributed by atoms with E-state index in [1.165, 1.54) is 51.4 Å². The van der Waals surface area contributed by atoms with Crippen LogP contribution in [0.5, 0.6) is 5.75 Å². The Kier molecular flexibility index (Phi) is 9.63. The van der Waals surface area contributed by atoms with Gasteiger partial charge in [-0.25, -0.2) is 4.79 Å². The molecular formula is C36H50F6O3. The first-order valence-electron chi connectivity index (χ1n) is 17.1. The van der Waals surface area contributed by atoms with Crippen molar-refractivity contribution in [3.63, 3.8) is 0 Å². The van der Waals surface area contributed by atoms with Gasteiger partial charge in [-0.05, 0) is 128 Å². The Hall–Kier alpha value is -1.93. The number of hydrogen-bond donors (Lipinski definition) is 0. The molecule has 0 saturated heterocycles. The second kappa shape index (κ2) is 12.6. The number of ether oxygens (including phenoxy) is 2. The Morgan fingerprint density at radius 2 is 1.44 bits per heavy atom. The average Bonchev–Trinajstić information content (AvgIpc) is 3.29. The first kappa shape index (κ1) is 34.4. The molecule has 4 saturated carbocycles. The molecule has 0 aliphatic heterocycles. The molecule has 3 nitrogen and oxygen atoms in total. The molecule has 4 aliphatic rings. The molecule has 0 bridgehead atoms. The van der Waals surface area contributed by atoms with Gasteiger partial charge in [0.05, 0.1) is 11.1 Å². The summed E-state index contributed by atoms with van der Waals surface area (Å²) < 4.78 is 89.8. The van der Waals surface area contributed by atoms with Gasteiger partial charge in [0.2, 0.25) is 0 Å². The number of hydrogen-bond acceptors (Lipinski definition) is 3. The summed E-state index contributed by atoms with van der Waals surface area (Å²) in [5, 5.41) is 0. The SMILES string of the molecule is CC(C)CCCC(C)C1CCC2C3CCC4CC(OC(=O)Oc5cc(C(F)(F)F)cc(C(F)(F)F)c5)CCC4(C)C3CCC12C. The highest BCUT2D eigenvalue weighted by Gasteiger charge is 2.60. The van der Waals surface area contributed by atoms with Crippen LogP contribution in [-0.2, 0) is 17.1 Å². The summed E-state index contributed by atoms with van der Waals surface area (Å²) in [6.45, 7) is 12.1. The van der Waals surface area contributed by atoms with Gasteiger partial charge < -0.3 is 9.47 Å². The molecule has 9 heteroatoms. The van der Waals surface area contributed by atoms with E-state index in [1.807, 2.05) is 0 Å². The van der Waals surface area contributed by atoms with Crippen LogP contribution in [0.15, 0.2) is 18.2 Å². The van der Waals surface area contributed by atoms with Crippen molar-refractivity contribution >= 4 is 6.16 Å². The maximum Gasteiger partial charge on any atom is 0.514 e. The second-order valence-corrected chi connectivity index (χ2v) is 15.8. The first-order chi connectivity index (χ1) is 20.9. The zero-order valence-electron chi connectivity index (χ0n) is 27.3. The molecule has 0 N–H and O–H groups in total. The smallest absolute Gasteiger partial charge is 0.431 e. The maximum absolute atomic E-state index is 13.2. The first-order valence-corrected chi connectivity index (χ1v) is 17.1. The third-order valence-corrected chi connectivity index (χ3v) is 12.8. The van der Waals surface area contributed by atoms with Crippen LogP contribution in [0, 0.1) is 52.3 Å². The summed E-state index contributed by atoms with van der Waals surface area (Å²) in [7, 11) is 0. The molecular weight excluding hydrogens is 594 g/mol. The predicted molar refractivity (Wildman–Crippen MR) is 160 cm³/mol. The highest BCUT2D eigenvalue weighted by atomic mass is 19.4. The van der Waals surface area contributed by atoms with E-state index >= 15 is 0 Å². The van der Waals surface area contributed by atoms with Gasteiger partial charge in [0.1, 0.15) is 11.9 Å². The van der Waals surface area contributed by atoms with Crippen molar-refractivity contribution in [3.8, 4) is 5.75 Å². The fraction of sp³-hybridized carbons (Fsp3) is 0.806. The highest BCUT2D eigenvalue weighted by Crippen LogP contribution is 2.68. The van der Waals surface area contributed by atoms with Gasteiger partial charge in [-0.2, -0.15) is 26.3 Å². The Balaban J connectivity index is 1.20. The predicted octanol–water partition coefficient (Wildman–Crippen LogP) is 11.7. The lowest BCUT2D eigenvalue weighted by molar-refractivity contribution is -0.143. The highest BCUT2D eigenvalue weighted by molar-refractivity contribution is 5.64. The maximum atomic E-state index is 13.2. The monoisotopic (exact) mass is 644 g/mol. The lowest BCUT2D eigenvalue weighted by Crippen LogP contribution is -2.54. The molecule has 0 heterocycles. The van der Waals surface area contributed by atoms with Gasteiger partial charge in [-0.3, -0.25) is 0 Å². The van der Waals surface area contributed by atoms with Crippen LogP contribution >= 0.6 is 0 Å². The van der Waals surface area contributed by atoms with Crippen molar-refractivity contribution in [2.75, 3.05) is 0 Å². The normalized spacial score (nSPS) is 35.7. The van der Waals surface area contributed by atoms with Crippen molar-refractivity contribution in [1.82, 2.24) is 0 Å². The number of fused-ring (bicyclic) bond motifs is 5. The van der Waals surface area contributed by atoms with Gasteiger partial charge in [0.15, 0.2) is 0 Å². The van der Waals surface area contributed by atoms with Gasteiger partial charge in [0.25, 0.3) is 0 Å². The third-order valence-electron chi connectivity index (χ3n) is 12.8. The molecule has 0 amide bonds. The van der Waals surface area contributed by atoms with Crippen LogP contribution in [-0.4, -0.2) is 12.3 Å². The second-order valence-electron chi connectivity index (χ2n) is 15.8. The zero-order chi connectivity index (χ0) is 32.9. The molecule has 4 aliphatic carbocycles. The molecule has 4 fully saturated rings. The molecule has 0 spiro atoms. The standard InChI is InChI=1S/C36H50F6O3/c1-21(2)7-6-8-22(3)29-11-12-30-28-10-9-23-18-26(13-15-33(23,4)31(28)14-16-34(29,30)5)44-32(43)45-27-19-24(35(37,38)39)17-25(20-27)36(40,41)42/h17,19-23,26,28-31H,6-16,18H2,1-5H3. The van der Waals surface area contributed by atoms with Crippen molar-refractivity contribution in [2.45, 2.75) is 130 Å². The molecule has 9 atom stereocenters. The quantitative estimate of drug-likeness (QED) is 0.168. The van der Waals surface area contributed by atoms with Gasteiger partial charge >= 0.3 is 18.5 Å². The van der Waals surface area contributed by atoms with E-state index < -0.39 is 41.5 Å². The summed E-state index contributed by atoms with van der Waals surface area (Å²) in [5.41, 5.74) is -2.54. The Labute approximate surface area is 264 Å². The number of halogens is 6. The van der Waals surface area contributed by atoms with Crippen LogP contribution in [0.1, 0.15) is 123 Å². The van der Waals surface area contributed by atoms with Crippen LogP contribution in [0.2, 0.25) is 0 Å². The number of carbonyl (C=O) groups excluding carboxylic acids is 1. The molecule has 1 aromatic carbocycles. The van der Waals surface area contributed by atoms with E-state index in [2.05, 4.69) is 34.6 Å². The van der Waals surface area contributed by atoms with E-state index in [4.69, 9.17) is 9.47 Å². The zero-order valence-corrected chi connectivity index (χ0v) is 27.3.